The average molecular weight is 470 g/mol. The quantitative estimate of drug-likeness (QED) is 0.461. The highest BCUT2D eigenvalue weighted by Crippen LogP contribution is 2.29. The van der Waals surface area contributed by atoms with Crippen molar-refractivity contribution in [3.63, 3.8) is 0 Å². The van der Waals surface area contributed by atoms with Gasteiger partial charge in [0.2, 0.25) is 5.95 Å². The van der Waals surface area contributed by atoms with E-state index in [0.29, 0.717) is 40.2 Å². The first-order valence-corrected chi connectivity index (χ1v) is 11.0. The molecule has 3 heterocycles. The molecule has 164 valence electrons. The van der Waals surface area contributed by atoms with Gasteiger partial charge in [0.05, 0.1) is 6.54 Å². The highest BCUT2D eigenvalue weighted by Gasteiger charge is 2.25. The summed E-state index contributed by atoms with van der Waals surface area (Å²) in [7, 11) is 3.11. The summed E-state index contributed by atoms with van der Waals surface area (Å²) in [4.78, 5) is 32.6. The number of hydrogen-bond acceptors (Lipinski definition) is 4. The van der Waals surface area contributed by atoms with Crippen molar-refractivity contribution in [3.05, 3.63) is 90.0 Å². The number of imidazole rings is 1. The molecule has 2 aromatic heterocycles. The number of anilines is 1. The predicted molar refractivity (Wildman–Crippen MR) is 127 cm³/mol. The topological polar surface area (TPSA) is 65.1 Å². The molecule has 2 aromatic carbocycles. The zero-order chi connectivity index (χ0) is 22.6. The molecule has 0 aliphatic carbocycles. The summed E-state index contributed by atoms with van der Waals surface area (Å²) in [5, 5.41) is 1.05. The maximum atomic E-state index is 13.2. The third-order valence-electron chi connectivity index (χ3n) is 6.08. The fourth-order valence-electron chi connectivity index (χ4n) is 4.31. The summed E-state index contributed by atoms with van der Waals surface area (Å²) >= 11 is 12.5. The minimum atomic E-state index is -0.410. The average Bonchev–Trinajstić information content (AvgIpc) is 3.17. The van der Waals surface area contributed by atoms with Crippen molar-refractivity contribution in [2.45, 2.75) is 19.5 Å². The normalized spacial score (nSPS) is 13.6. The SMILES string of the molecule is Cn1c(=O)c2c(nc(N3CCc4ccccc4C3)n2Cc2ccc(Cl)cc2Cl)n(C)c1=O. The van der Waals surface area contributed by atoms with Crippen LogP contribution in [0.2, 0.25) is 10.0 Å². The van der Waals surface area contributed by atoms with Crippen molar-refractivity contribution >= 4 is 40.3 Å². The summed E-state index contributed by atoms with van der Waals surface area (Å²) in [5.41, 5.74) is 3.28. The van der Waals surface area contributed by atoms with Crippen LogP contribution in [0.15, 0.2) is 52.1 Å². The van der Waals surface area contributed by atoms with Gasteiger partial charge in [-0.25, -0.2) is 4.79 Å². The van der Waals surface area contributed by atoms with Crippen LogP contribution in [0, 0.1) is 0 Å². The zero-order valence-electron chi connectivity index (χ0n) is 17.7. The first-order valence-electron chi connectivity index (χ1n) is 10.3. The van der Waals surface area contributed by atoms with Crippen LogP contribution in [-0.4, -0.2) is 25.2 Å². The molecule has 0 bridgehead atoms. The van der Waals surface area contributed by atoms with E-state index < -0.39 is 5.69 Å². The Morgan fingerprint density at radius 3 is 2.50 bits per heavy atom. The van der Waals surface area contributed by atoms with Gasteiger partial charge in [0.15, 0.2) is 11.2 Å². The summed E-state index contributed by atoms with van der Waals surface area (Å²) in [5.74, 6) is 0.638. The molecule has 9 heteroatoms. The number of benzene rings is 2. The van der Waals surface area contributed by atoms with Crippen LogP contribution >= 0.6 is 23.2 Å². The van der Waals surface area contributed by atoms with Gasteiger partial charge in [-0.2, -0.15) is 4.98 Å². The van der Waals surface area contributed by atoms with Gasteiger partial charge in [-0.15, -0.1) is 0 Å². The molecular formula is C23H21Cl2N5O2. The largest absolute Gasteiger partial charge is 0.337 e. The molecule has 1 aliphatic rings. The molecule has 0 fully saturated rings. The van der Waals surface area contributed by atoms with Crippen molar-refractivity contribution in [3.8, 4) is 0 Å². The van der Waals surface area contributed by atoms with Gasteiger partial charge in [0, 0.05) is 37.2 Å². The number of halogens is 2. The van der Waals surface area contributed by atoms with Gasteiger partial charge in [-0.3, -0.25) is 18.5 Å². The third-order valence-corrected chi connectivity index (χ3v) is 6.67. The Bertz CT molecular complexity index is 1480. The van der Waals surface area contributed by atoms with Gasteiger partial charge >= 0.3 is 5.69 Å². The zero-order valence-corrected chi connectivity index (χ0v) is 19.2. The van der Waals surface area contributed by atoms with Gasteiger partial charge < -0.3 is 4.90 Å². The van der Waals surface area contributed by atoms with Gasteiger partial charge in [0.1, 0.15) is 0 Å². The van der Waals surface area contributed by atoms with E-state index in [9.17, 15) is 9.59 Å². The maximum Gasteiger partial charge on any atom is 0.332 e. The van der Waals surface area contributed by atoms with Crippen LogP contribution < -0.4 is 16.1 Å². The molecule has 0 amide bonds. The lowest BCUT2D eigenvalue weighted by Crippen LogP contribution is -2.37. The Morgan fingerprint density at radius 2 is 1.75 bits per heavy atom. The number of aryl methyl sites for hydroxylation is 1. The van der Waals surface area contributed by atoms with Crippen LogP contribution in [0.5, 0.6) is 0 Å². The molecule has 0 saturated carbocycles. The smallest absolute Gasteiger partial charge is 0.332 e. The van der Waals surface area contributed by atoms with E-state index >= 15 is 0 Å². The highest BCUT2D eigenvalue weighted by molar-refractivity contribution is 6.35. The molecule has 0 unspecified atom stereocenters. The molecule has 0 spiro atoms. The predicted octanol–water partition coefficient (Wildman–Crippen LogP) is 3.35. The molecule has 1 aliphatic heterocycles. The summed E-state index contributed by atoms with van der Waals surface area (Å²) in [6.45, 7) is 1.75. The number of rotatable bonds is 3. The third kappa shape index (κ3) is 3.32. The van der Waals surface area contributed by atoms with Crippen LogP contribution in [0.25, 0.3) is 11.2 Å². The Balaban J connectivity index is 1.73. The Labute approximate surface area is 194 Å². The second-order valence-corrected chi connectivity index (χ2v) is 8.90. The van der Waals surface area contributed by atoms with Crippen molar-refractivity contribution in [2.24, 2.45) is 14.1 Å². The minimum Gasteiger partial charge on any atom is -0.337 e. The molecule has 5 rings (SSSR count). The fraction of sp³-hybridized carbons (Fsp3) is 0.261. The molecule has 0 saturated heterocycles. The Hall–Kier alpha value is -3.03. The van der Waals surface area contributed by atoms with Crippen LogP contribution in [0.4, 0.5) is 5.95 Å². The van der Waals surface area contributed by atoms with Gasteiger partial charge in [0.25, 0.3) is 5.56 Å². The summed E-state index contributed by atoms with van der Waals surface area (Å²) in [6.07, 6.45) is 0.873. The minimum absolute atomic E-state index is 0.327. The Morgan fingerprint density at radius 1 is 1.00 bits per heavy atom. The van der Waals surface area contributed by atoms with Crippen LogP contribution in [0.1, 0.15) is 16.7 Å². The maximum absolute atomic E-state index is 13.2. The van der Waals surface area contributed by atoms with Crippen molar-refractivity contribution < 1.29 is 0 Å². The number of nitrogens with zero attached hydrogens (tertiary/aromatic N) is 5. The van der Waals surface area contributed by atoms with E-state index in [1.54, 1.807) is 19.2 Å². The summed E-state index contributed by atoms with van der Waals surface area (Å²) in [6, 6.07) is 13.6. The van der Waals surface area contributed by atoms with E-state index in [0.717, 1.165) is 23.1 Å². The number of fused-ring (bicyclic) bond motifs is 2. The lowest BCUT2D eigenvalue weighted by Gasteiger charge is -2.30. The number of aromatic nitrogens is 4. The van der Waals surface area contributed by atoms with E-state index in [1.807, 2.05) is 22.8 Å². The van der Waals surface area contributed by atoms with E-state index in [1.165, 1.54) is 22.7 Å². The van der Waals surface area contributed by atoms with Crippen molar-refractivity contribution in [2.75, 3.05) is 11.4 Å². The van der Waals surface area contributed by atoms with Crippen molar-refractivity contribution in [1.82, 2.24) is 18.7 Å². The van der Waals surface area contributed by atoms with E-state index in [4.69, 9.17) is 28.2 Å². The molecular weight excluding hydrogens is 449 g/mol. The second-order valence-electron chi connectivity index (χ2n) is 8.05. The molecule has 0 atom stereocenters. The lowest BCUT2D eigenvalue weighted by molar-refractivity contribution is 0.674. The number of hydrogen-bond donors (Lipinski definition) is 0. The lowest BCUT2D eigenvalue weighted by atomic mass is 10.0. The van der Waals surface area contributed by atoms with Gasteiger partial charge in [-0.1, -0.05) is 53.5 Å². The first-order chi connectivity index (χ1) is 15.3. The Kier molecular flexibility index (Phi) is 5.10. The monoisotopic (exact) mass is 469 g/mol. The van der Waals surface area contributed by atoms with Crippen LogP contribution in [0.3, 0.4) is 0 Å². The molecule has 4 aromatic rings. The first kappa shape index (κ1) is 20.8. The highest BCUT2D eigenvalue weighted by atomic mass is 35.5. The van der Waals surface area contributed by atoms with E-state index in [2.05, 4.69) is 17.0 Å². The van der Waals surface area contributed by atoms with Gasteiger partial charge in [-0.05, 0) is 35.2 Å². The molecule has 7 nitrogen and oxygen atoms in total. The molecule has 32 heavy (non-hydrogen) atoms. The molecule has 0 N–H and O–H groups in total. The standard InChI is InChI=1S/C23H21Cl2N5O2/c1-27-20-19(21(31)28(2)23(27)32)30(13-16-7-8-17(24)11-18(16)25)22(26-20)29-10-9-14-5-3-4-6-15(14)12-29/h3-8,11H,9-10,12-13H2,1-2H3. The van der Waals surface area contributed by atoms with Crippen molar-refractivity contribution in [1.29, 1.82) is 0 Å². The van der Waals surface area contributed by atoms with E-state index in [-0.39, 0.29) is 5.56 Å². The second kappa shape index (κ2) is 7.83. The van der Waals surface area contributed by atoms with Crippen LogP contribution in [-0.2, 0) is 33.6 Å². The fourth-order valence-corrected chi connectivity index (χ4v) is 4.78. The summed E-state index contributed by atoms with van der Waals surface area (Å²) < 4.78 is 4.39. The molecule has 0 radical (unpaired) electrons.